The normalized spacial score (nSPS) is 22.1. The highest BCUT2D eigenvalue weighted by molar-refractivity contribution is 5.76. The molecule has 0 spiro atoms. The second-order valence-electron chi connectivity index (χ2n) is 3.65. The fraction of sp³-hybridized carbons (Fsp3) is 0.778. The van der Waals surface area contributed by atoms with Gasteiger partial charge in [0.15, 0.2) is 0 Å². The van der Waals surface area contributed by atoms with Crippen LogP contribution in [0, 0.1) is 0 Å². The maximum atomic E-state index is 11.1. The van der Waals surface area contributed by atoms with Gasteiger partial charge in [-0.25, -0.2) is 0 Å². The smallest absolute Gasteiger partial charge is 0.231 e. The summed E-state index contributed by atoms with van der Waals surface area (Å²) in [6, 6.07) is 0.208. The zero-order valence-electron chi connectivity index (χ0n) is 8.45. The van der Waals surface area contributed by atoms with Crippen LogP contribution >= 0.6 is 0 Å². The Morgan fingerprint density at radius 2 is 2.29 bits per heavy atom. The Morgan fingerprint density at radius 3 is 2.86 bits per heavy atom. The van der Waals surface area contributed by atoms with Crippen molar-refractivity contribution in [1.29, 1.82) is 0 Å². The van der Waals surface area contributed by atoms with Gasteiger partial charge in [0, 0.05) is 26.1 Å². The van der Waals surface area contributed by atoms with Crippen molar-refractivity contribution in [2.24, 2.45) is 5.73 Å². The van der Waals surface area contributed by atoms with Gasteiger partial charge in [0.1, 0.15) is 0 Å². The van der Waals surface area contributed by atoms with Gasteiger partial charge in [-0.1, -0.05) is 0 Å². The number of rotatable bonds is 3. The average molecular weight is 199 g/mol. The van der Waals surface area contributed by atoms with Gasteiger partial charge in [0.25, 0.3) is 0 Å². The van der Waals surface area contributed by atoms with Crippen molar-refractivity contribution in [3.05, 3.63) is 0 Å². The molecule has 14 heavy (non-hydrogen) atoms. The SMILES string of the molecule is CC(=O)N1CCCC(NCC(N)=O)C1. The minimum absolute atomic E-state index is 0.0931. The molecule has 0 saturated carbocycles. The van der Waals surface area contributed by atoms with E-state index < -0.39 is 0 Å². The first-order valence-corrected chi connectivity index (χ1v) is 4.87. The predicted octanol–water partition coefficient (Wildman–Crippen LogP) is -0.928. The Morgan fingerprint density at radius 1 is 1.57 bits per heavy atom. The molecule has 2 amide bonds. The lowest BCUT2D eigenvalue weighted by molar-refractivity contribution is -0.130. The highest BCUT2D eigenvalue weighted by Crippen LogP contribution is 2.09. The second kappa shape index (κ2) is 4.95. The zero-order valence-corrected chi connectivity index (χ0v) is 8.45. The van der Waals surface area contributed by atoms with Crippen LogP contribution in [-0.4, -0.2) is 42.4 Å². The van der Waals surface area contributed by atoms with E-state index in [4.69, 9.17) is 5.73 Å². The Hall–Kier alpha value is -1.10. The molecule has 1 aliphatic rings. The molecule has 5 nitrogen and oxygen atoms in total. The molecule has 3 N–H and O–H groups in total. The highest BCUT2D eigenvalue weighted by atomic mass is 16.2. The van der Waals surface area contributed by atoms with E-state index in [1.807, 2.05) is 0 Å². The molecule has 0 aliphatic carbocycles. The summed E-state index contributed by atoms with van der Waals surface area (Å²) in [5.74, 6) is -0.263. The number of hydrogen-bond acceptors (Lipinski definition) is 3. The molecule has 0 radical (unpaired) electrons. The summed E-state index contributed by atoms with van der Waals surface area (Å²) < 4.78 is 0. The van der Waals surface area contributed by atoms with E-state index >= 15 is 0 Å². The maximum absolute atomic E-state index is 11.1. The molecule has 80 valence electrons. The molecule has 0 aromatic heterocycles. The van der Waals surface area contributed by atoms with Gasteiger partial charge in [-0.2, -0.15) is 0 Å². The molecule has 1 atom stereocenters. The highest BCUT2D eigenvalue weighted by Gasteiger charge is 2.20. The van der Waals surface area contributed by atoms with Gasteiger partial charge < -0.3 is 16.0 Å². The van der Waals surface area contributed by atoms with Crippen molar-refractivity contribution >= 4 is 11.8 Å². The van der Waals surface area contributed by atoms with Crippen LogP contribution in [0.2, 0.25) is 0 Å². The third-order valence-electron chi connectivity index (χ3n) is 2.43. The molecule has 5 heteroatoms. The average Bonchev–Trinajstić information content (AvgIpc) is 2.15. The largest absolute Gasteiger partial charge is 0.369 e. The van der Waals surface area contributed by atoms with E-state index in [9.17, 15) is 9.59 Å². The number of carbonyl (C=O) groups is 2. The Bertz CT molecular complexity index is 230. The molecule has 1 rings (SSSR count). The molecule has 1 fully saturated rings. The summed E-state index contributed by atoms with van der Waals surface area (Å²) in [4.78, 5) is 23.4. The van der Waals surface area contributed by atoms with E-state index in [0.717, 1.165) is 19.4 Å². The number of carbonyl (C=O) groups excluding carboxylic acids is 2. The molecule has 1 unspecified atom stereocenters. The molecular weight excluding hydrogens is 182 g/mol. The zero-order chi connectivity index (χ0) is 10.6. The van der Waals surface area contributed by atoms with Crippen molar-refractivity contribution in [2.45, 2.75) is 25.8 Å². The van der Waals surface area contributed by atoms with Gasteiger partial charge in [-0.05, 0) is 12.8 Å². The Balaban J connectivity index is 2.32. The van der Waals surface area contributed by atoms with Crippen LogP contribution in [0.3, 0.4) is 0 Å². The van der Waals surface area contributed by atoms with Gasteiger partial charge >= 0.3 is 0 Å². The monoisotopic (exact) mass is 199 g/mol. The molecule has 1 saturated heterocycles. The van der Waals surface area contributed by atoms with Gasteiger partial charge in [0.05, 0.1) is 6.54 Å². The minimum Gasteiger partial charge on any atom is -0.369 e. The van der Waals surface area contributed by atoms with Crippen molar-refractivity contribution in [2.75, 3.05) is 19.6 Å². The third-order valence-corrected chi connectivity index (χ3v) is 2.43. The van der Waals surface area contributed by atoms with Gasteiger partial charge in [0.2, 0.25) is 11.8 Å². The number of primary amides is 1. The summed E-state index contributed by atoms with van der Waals surface area (Å²) in [5, 5.41) is 3.04. The minimum atomic E-state index is -0.357. The van der Waals surface area contributed by atoms with Crippen LogP contribution in [0.25, 0.3) is 0 Å². The van der Waals surface area contributed by atoms with E-state index in [0.29, 0.717) is 6.54 Å². The lowest BCUT2D eigenvalue weighted by atomic mass is 10.1. The van der Waals surface area contributed by atoms with Crippen LogP contribution in [0.1, 0.15) is 19.8 Å². The molecule has 1 aliphatic heterocycles. The third kappa shape index (κ3) is 3.33. The molecule has 1 heterocycles. The maximum Gasteiger partial charge on any atom is 0.231 e. The summed E-state index contributed by atoms with van der Waals surface area (Å²) in [5.41, 5.74) is 5.02. The van der Waals surface area contributed by atoms with Crippen molar-refractivity contribution in [3.8, 4) is 0 Å². The molecular formula is C9H17N3O2. The summed E-state index contributed by atoms with van der Waals surface area (Å²) in [6.07, 6.45) is 1.98. The summed E-state index contributed by atoms with van der Waals surface area (Å²) in [6.45, 7) is 3.26. The number of nitrogens with two attached hydrogens (primary N) is 1. The topological polar surface area (TPSA) is 75.4 Å². The van der Waals surface area contributed by atoms with Crippen LogP contribution in [0.15, 0.2) is 0 Å². The van der Waals surface area contributed by atoms with Gasteiger partial charge in [-0.15, -0.1) is 0 Å². The molecule has 0 aromatic rings. The van der Waals surface area contributed by atoms with Crippen LogP contribution in [-0.2, 0) is 9.59 Å². The Labute approximate surface area is 83.6 Å². The van der Waals surface area contributed by atoms with E-state index in [2.05, 4.69) is 5.32 Å². The molecule has 0 aromatic carbocycles. The predicted molar refractivity (Wildman–Crippen MR) is 52.5 cm³/mol. The first kappa shape index (κ1) is 11.0. The van der Waals surface area contributed by atoms with Crippen LogP contribution < -0.4 is 11.1 Å². The number of hydrogen-bond donors (Lipinski definition) is 2. The first-order valence-electron chi connectivity index (χ1n) is 4.87. The second-order valence-corrected chi connectivity index (χ2v) is 3.65. The summed E-state index contributed by atoms with van der Waals surface area (Å²) >= 11 is 0. The fourth-order valence-electron chi connectivity index (χ4n) is 1.67. The number of nitrogens with one attached hydrogen (secondary N) is 1. The van der Waals surface area contributed by atoms with Crippen LogP contribution in [0.4, 0.5) is 0 Å². The van der Waals surface area contributed by atoms with Crippen LogP contribution in [0.5, 0.6) is 0 Å². The van der Waals surface area contributed by atoms with Crippen molar-refractivity contribution in [3.63, 3.8) is 0 Å². The number of likely N-dealkylation sites (tertiary alicyclic amines) is 1. The van der Waals surface area contributed by atoms with E-state index in [-0.39, 0.29) is 24.4 Å². The number of nitrogens with zero attached hydrogens (tertiary/aromatic N) is 1. The Kier molecular flexibility index (Phi) is 3.88. The molecule has 0 bridgehead atoms. The van der Waals surface area contributed by atoms with E-state index in [1.54, 1.807) is 11.8 Å². The quantitative estimate of drug-likeness (QED) is 0.616. The standard InChI is InChI=1S/C9H17N3O2/c1-7(13)12-4-2-3-8(6-12)11-5-9(10)14/h8,11H,2-6H2,1H3,(H2,10,14). The van der Waals surface area contributed by atoms with Crippen molar-refractivity contribution < 1.29 is 9.59 Å². The van der Waals surface area contributed by atoms with E-state index in [1.165, 1.54) is 0 Å². The lowest BCUT2D eigenvalue weighted by Gasteiger charge is -2.32. The number of piperidine rings is 1. The lowest BCUT2D eigenvalue weighted by Crippen LogP contribution is -2.49. The first-order chi connectivity index (χ1) is 6.59. The number of amides is 2. The summed E-state index contributed by atoms with van der Waals surface area (Å²) in [7, 11) is 0. The van der Waals surface area contributed by atoms with Gasteiger partial charge in [-0.3, -0.25) is 9.59 Å². The van der Waals surface area contributed by atoms with Crippen molar-refractivity contribution in [1.82, 2.24) is 10.2 Å². The fourth-order valence-corrected chi connectivity index (χ4v) is 1.67.